The Morgan fingerprint density at radius 1 is 1.16 bits per heavy atom. The summed E-state index contributed by atoms with van der Waals surface area (Å²) in [6.07, 6.45) is -2.92. The molecule has 174 valence electrons. The van der Waals surface area contributed by atoms with Crippen molar-refractivity contribution >= 4 is 5.97 Å². The van der Waals surface area contributed by atoms with Crippen molar-refractivity contribution in [2.75, 3.05) is 7.11 Å². The molecule has 2 spiro atoms. The number of carbonyl (C=O) groups excluding carboxylic acids is 1. The second-order valence-corrected chi connectivity index (χ2v) is 11.1. The number of ether oxygens (including phenoxy) is 3. The predicted octanol–water partition coefficient (Wildman–Crippen LogP) is 0.711. The average Bonchev–Trinajstić information content (AvgIpc) is 2.79. The van der Waals surface area contributed by atoms with Crippen LogP contribution in [0.1, 0.15) is 46.5 Å². The van der Waals surface area contributed by atoms with Gasteiger partial charge in [0.15, 0.2) is 6.29 Å². The van der Waals surface area contributed by atoms with Crippen molar-refractivity contribution in [2.45, 2.75) is 82.9 Å². The normalized spacial score (nSPS) is 56.7. The molecule has 11 atom stereocenters. The fourth-order valence-electron chi connectivity index (χ4n) is 8.85. The lowest BCUT2D eigenvalue weighted by molar-refractivity contribution is -0.521. The lowest BCUT2D eigenvalue weighted by atomic mass is 9.35. The fourth-order valence-corrected chi connectivity index (χ4v) is 8.85. The Kier molecular flexibility index (Phi) is 4.43. The Morgan fingerprint density at radius 3 is 2.45 bits per heavy atom. The van der Waals surface area contributed by atoms with Gasteiger partial charge in [0.05, 0.1) is 17.6 Å². The number of methoxy groups -OCH3 is 1. The highest BCUT2D eigenvalue weighted by atomic mass is 16.8. The van der Waals surface area contributed by atoms with Crippen LogP contribution in [-0.2, 0) is 19.0 Å². The minimum Gasteiger partial charge on any atom is -0.462 e. The van der Waals surface area contributed by atoms with Gasteiger partial charge in [0.25, 0.3) is 0 Å². The van der Waals surface area contributed by atoms with Crippen molar-refractivity contribution in [3.8, 4) is 0 Å². The highest BCUT2D eigenvalue weighted by Crippen LogP contribution is 2.79. The number of aliphatic hydroxyl groups is 4. The summed E-state index contributed by atoms with van der Waals surface area (Å²) in [6, 6.07) is 0. The van der Waals surface area contributed by atoms with Gasteiger partial charge in [-0.25, -0.2) is 0 Å². The number of fused-ring (bicyclic) bond motifs is 2. The molecular weight excluding hydrogens is 404 g/mol. The van der Waals surface area contributed by atoms with Gasteiger partial charge >= 0.3 is 5.97 Å². The van der Waals surface area contributed by atoms with E-state index in [-0.39, 0.29) is 5.41 Å². The van der Waals surface area contributed by atoms with Crippen LogP contribution < -0.4 is 0 Å². The minimum absolute atomic E-state index is 0.292. The molecule has 4 saturated carbocycles. The van der Waals surface area contributed by atoms with Crippen LogP contribution in [0.2, 0.25) is 0 Å². The molecule has 8 nitrogen and oxygen atoms in total. The van der Waals surface area contributed by atoms with Crippen LogP contribution in [0.25, 0.3) is 0 Å². The van der Waals surface area contributed by atoms with E-state index < -0.39 is 71.0 Å². The van der Waals surface area contributed by atoms with Crippen molar-refractivity contribution in [2.24, 2.45) is 34.0 Å². The van der Waals surface area contributed by atoms with Crippen molar-refractivity contribution in [3.63, 3.8) is 0 Å². The number of hydrogen-bond donors (Lipinski definition) is 4. The smallest absolute Gasteiger partial charge is 0.302 e. The van der Waals surface area contributed by atoms with Gasteiger partial charge in [0.1, 0.15) is 12.2 Å². The second-order valence-electron chi connectivity index (χ2n) is 11.1. The summed E-state index contributed by atoms with van der Waals surface area (Å²) in [5.41, 5.74) is -2.55. The lowest BCUT2D eigenvalue weighted by Crippen LogP contribution is -2.88. The zero-order valence-electron chi connectivity index (χ0n) is 18.6. The van der Waals surface area contributed by atoms with Crippen molar-refractivity contribution in [1.82, 2.24) is 0 Å². The number of carbonyl (C=O) groups is 1. The summed E-state index contributed by atoms with van der Waals surface area (Å²) < 4.78 is 17.7. The molecule has 0 unspecified atom stereocenters. The average molecular weight is 439 g/mol. The molecule has 4 aliphatic carbocycles. The Bertz CT molecular complexity index is 826. The van der Waals surface area contributed by atoms with Gasteiger partial charge in [-0.15, -0.1) is 0 Å². The molecule has 0 amide bonds. The van der Waals surface area contributed by atoms with Crippen molar-refractivity contribution in [3.05, 3.63) is 12.2 Å². The van der Waals surface area contributed by atoms with E-state index in [2.05, 4.69) is 20.4 Å². The third-order valence-electron chi connectivity index (χ3n) is 9.55. The van der Waals surface area contributed by atoms with E-state index in [1.165, 1.54) is 14.0 Å². The van der Waals surface area contributed by atoms with Gasteiger partial charge in [-0.05, 0) is 30.3 Å². The molecule has 8 heteroatoms. The summed E-state index contributed by atoms with van der Waals surface area (Å²) in [5.74, 6) is -4.48. The van der Waals surface area contributed by atoms with Crippen molar-refractivity contribution in [1.29, 1.82) is 0 Å². The van der Waals surface area contributed by atoms with Crippen LogP contribution in [0.15, 0.2) is 12.2 Å². The molecule has 6 fully saturated rings. The fraction of sp³-hybridized carbons (Fsp3) is 0.870. The third-order valence-corrected chi connectivity index (χ3v) is 9.55. The maximum absolute atomic E-state index is 12.1. The first-order chi connectivity index (χ1) is 14.4. The summed E-state index contributed by atoms with van der Waals surface area (Å²) in [6.45, 7) is 9.45. The van der Waals surface area contributed by atoms with Gasteiger partial charge in [0.2, 0.25) is 5.79 Å². The Balaban J connectivity index is 1.83. The second kappa shape index (κ2) is 6.30. The van der Waals surface area contributed by atoms with Gasteiger partial charge in [-0.3, -0.25) is 4.79 Å². The van der Waals surface area contributed by atoms with Crippen LogP contribution in [0.3, 0.4) is 0 Å². The SMILES string of the molecule is C=C1[C@H]2C[C@H](OC(C)=O)[C@H]3[C@]45CCCC(C)(C)[C@H]4[C@H](O)[C@](O)(O[C@@H]5OC)[C@@]3([C@@H]1O)[C@@H]2O. The summed E-state index contributed by atoms with van der Waals surface area (Å²) in [4.78, 5) is 12.1. The van der Waals surface area contributed by atoms with Gasteiger partial charge in [0, 0.05) is 37.2 Å². The summed E-state index contributed by atoms with van der Waals surface area (Å²) >= 11 is 0. The molecule has 0 aromatic rings. The molecule has 0 radical (unpaired) electrons. The largest absolute Gasteiger partial charge is 0.462 e. The number of rotatable bonds is 2. The predicted molar refractivity (Wildman–Crippen MR) is 107 cm³/mol. The van der Waals surface area contributed by atoms with E-state index in [0.717, 1.165) is 12.8 Å². The van der Waals surface area contributed by atoms with Crippen LogP contribution >= 0.6 is 0 Å². The molecule has 31 heavy (non-hydrogen) atoms. The lowest BCUT2D eigenvalue weighted by Gasteiger charge is -2.76. The zero-order chi connectivity index (χ0) is 22.7. The quantitative estimate of drug-likeness (QED) is 0.367. The molecule has 2 aliphatic heterocycles. The van der Waals surface area contributed by atoms with Crippen LogP contribution in [0.4, 0.5) is 0 Å². The number of aliphatic hydroxyl groups excluding tert-OH is 3. The van der Waals surface area contributed by atoms with Crippen LogP contribution in [0, 0.1) is 34.0 Å². The molecular formula is C23H34O8. The minimum atomic E-state index is -2.30. The Hall–Kier alpha value is -1.03. The van der Waals surface area contributed by atoms with Gasteiger partial charge in [-0.2, -0.15) is 0 Å². The summed E-state index contributed by atoms with van der Waals surface area (Å²) in [7, 11) is 1.49. The first kappa shape index (κ1) is 21.8. The highest BCUT2D eigenvalue weighted by Gasteiger charge is 2.89. The van der Waals surface area contributed by atoms with Crippen LogP contribution in [-0.4, -0.2) is 70.0 Å². The van der Waals surface area contributed by atoms with E-state index in [1.807, 2.05) is 0 Å². The molecule has 2 saturated heterocycles. The van der Waals surface area contributed by atoms with E-state index >= 15 is 0 Å². The molecule has 0 aromatic heterocycles. The first-order valence-corrected chi connectivity index (χ1v) is 11.2. The molecule has 2 heterocycles. The maximum atomic E-state index is 12.1. The molecule has 4 N–H and O–H groups in total. The standard InChI is InChI=1S/C23H34O8/c1-10-12-9-13(30-11(2)24)14-21-8-6-7-20(3,4)15(21)18(27)23(28,31-19(21)29-5)22(14,16(10)25)17(12)26/h12-19,25-28H,1,6-9H2,2-5H3/t12-,13+,14+,15-,16-,17-,18+,19+,21-,22+,23+/m1/s1. The molecule has 6 aliphatic rings. The third kappa shape index (κ3) is 2.15. The van der Waals surface area contributed by atoms with E-state index in [9.17, 15) is 25.2 Å². The van der Waals surface area contributed by atoms with E-state index in [1.54, 1.807) is 0 Å². The zero-order valence-corrected chi connectivity index (χ0v) is 18.6. The first-order valence-electron chi connectivity index (χ1n) is 11.2. The Labute approximate surface area is 182 Å². The monoisotopic (exact) mass is 438 g/mol. The van der Waals surface area contributed by atoms with E-state index in [0.29, 0.717) is 18.4 Å². The maximum Gasteiger partial charge on any atom is 0.302 e. The van der Waals surface area contributed by atoms with Crippen molar-refractivity contribution < 1.29 is 39.4 Å². The van der Waals surface area contributed by atoms with E-state index in [4.69, 9.17) is 14.2 Å². The molecule has 0 aromatic carbocycles. The number of esters is 1. The van der Waals surface area contributed by atoms with Gasteiger partial charge < -0.3 is 34.6 Å². The highest BCUT2D eigenvalue weighted by molar-refractivity contribution is 5.66. The Morgan fingerprint density at radius 2 is 1.84 bits per heavy atom. The topological polar surface area (TPSA) is 126 Å². The van der Waals surface area contributed by atoms with Crippen LogP contribution in [0.5, 0.6) is 0 Å². The number of hydrogen-bond acceptors (Lipinski definition) is 8. The van der Waals surface area contributed by atoms with Gasteiger partial charge in [-0.1, -0.05) is 26.8 Å². The molecule has 6 rings (SSSR count). The molecule has 4 bridgehead atoms. The summed E-state index contributed by atoms with van der Waals surface area (Å²) in [5, 5.41) is 46.7.